The number of benzene rings is 1. The van der Waals surface area contributed by atoms with Gasteiger partial charge >= 0.3 is 12.1 Å². The number of halogens is 3. The van der Waals surface area contributed by atoms with Gasteiger partial charge in [0.05, 0.1) is 0 Å². The summed E-state index contributed by atoms with van der Waals surface area (Å²) in [6.07, 6.45) is -3.06. The van der Waals surface area contributed by atoms with Crippen LogP contribution in [0, 0.1) is 0 Å². The molecule has 0 saturated heterocycles. The number of hydrogen-bond donors (Lipinski definition) is 1. The Morgan fingerprint density at radius 1 is 1.24 bits per heavy atom. The van der Waals surface area contributed by atoms with Gasteiger partial charge in [-0.05, 0) is 30.4 Å². The van der Waals surface area contributed by atoms with Gasteiger partial charge in [0.15, 0.2) is 0 Å². The summed E-state index contributed by atoms with van der Waals surface area (Å²) < 4.78 is 36.3. The lowest BCUT2D eigenvalue weighted by molar-refractivity contribution is -0.174. The molecule has 1 N–H and O–H groups in total. The largest absolute Gasteiger partial charge is 0.471 e. The molecular weight excluding hydrogens is 231 g/mol. The quantitative estimate of drug-likeness (QED) is 0.805. The smallest absolute Gasteiger partial charge is 0.345 e. The number of carbonyl (C=O) groups excluding carboxylic acids is 1. The third-order valence-corrected chi connectivity index (χ3v) is 2.94. The molecule has 0 heterocycles. The minimum atomic E-state index is -4.79. The van der Waals surface area contributed by atoms with Crippen molar-refractivity contribution in [3.05, 3.63) is 35.4 Å². The Morgan fingerprint density at radius 2 is 1.88 bits per heavy atom. The standard InChI is InChI=1S/C12H12F3NO/c13-12(14,15)11(17)16-10-6-5-8-3-1-2-4-9(8)7-10/h1-4,10H,5-7H2,(H,16,17)/t10-/m0/s1. The molecule has 5 heteroatoms. The summed E-state index contributed by atoms with van der Waals surface area (Å²) in [6, 6.07) is 7.21. The molecule has 0 radical (unpaired) electrons. The number of amides is 1. The van der Waals surface area contributed by atoms with Crippen LogP contribution in [0.15, 0.2) is 24.3 Å². The van der Waals surface area contributed by atoms with Crippen LogP contribution in [0.2, 0.25) is 0 Å². The lowest BCUT2D eigenvalue weighted by Gasteiger charge is -2.25. The number of hydrogen-bond acceptors (Lipinski definition) is 1. The SMILES string of the molecule is O=C(N[C@H]1CCc2ccccc2C1)C(F)(F)F. The van der Waals surface area contributed by atoms with Crippen LogP contribution in [0.3, 0.4) is 0 Å². The molecule has 1 aliphatic rings. The average molecular weight is 243 g/mol. The highest BCUT2D eigenvalue weighted by Crippen LogP contribution is 2.22. The zero-order valence-electron chi connectivity index (χ0n) is 9.05. The maximum Gasteiger partial charge on any atom is 0.471 e. The first-order valence-corrected chi connectivity index (χ1v) is 5.41. The molecule has 1 atom stereocenters. The number of aryl methyl sites for hydroxylation is 1. The first kappa shape index (κ1) is 12.0. The van der Waals surface area contributed by atoms with E-state index in [1.54, 1.807) is 0 Å². The van der Waals surface area contributed by atoms with E-state index in [9.17, 15) is 18.0 Å². The van der Waals surface area contributed by atoms with Gasteiger partial charge in [-0.15, -0.1) is 0 Å². The monoisotopic (exact) mass is 243 g/mol. The second-order valence-electron chi connectivity index (χ2n) is 4.18. The molecule has 0 spiro atoms. The van der Waals surface area contributed by atoms with Gasteiger partial charge in [0.2, 0.25) is 0 Å². The molecule has 17 heavy (non-hydrogen) atoms. The molecule has 1 amide bonds. The Labute approximate surface area is 96.8 Å². The molecule has 2 nitrogen and oxygen atoms in total. The van der Waals surface area contributed by atoms with E-state index in [0.717, 1.165) is 11.1 Å². The Kier molecular flexibility index (Phi) is 3.09. The molecule has 2 rings (SSSR count). The third kappa shape index (κ3) is 2.78. The minimum absolute atomic E-state index is 0.418. The lowest BCUT2D eigenvalue weighted by atomic mass is 9.88. The summed E-state index contributed by atoms with van der Waals surface area (Å²) in [5.41, 5.74) is 2.18. The number of nitrogens with one attached hydrogen (secondary N) is 1. The van der Waals surface area contributed by atoms with Crippen molar-refractivity contribution in [1.82, 2.24) is 5.32 Å². The Balaban J connectivity index is 2.01. The van der Waals surface area contributed by atoms with Gasteiger partial charge < -0.3 is 5.32 Å². The van der Waals surface area contributed by atoms with Crippen molar-refractivity contribution in [2.45, 2.75) is 31.5 Å². The maximum absolute atomic E-state index is 12.1. The van der Waals surface area contributed by atoms with Crippen LogP contribution in [0.25, 0.3) is 0 Å². The minimum Gasteiger partial charge on any atom is -0.345 e. The van der Waals surface area contributed by atoms with Crippen LogP contribution in [-0.4, -0.2) is 18.1 Å². The highest BCUT2D eigenvalue weighted by Gasteiger charge is 2.39. The average Bonchev–Trinajstić information content (AvgIpc) is 2.27. The van der Waals surface area contributed by atoms with Gasteiger partial charge in [-0.1, -0.05) is 24.3 Å². The van der Waals surface area contributed by atoms with Crippen LogP contribution in [-0.2, 0) is 17.6 Å². The first-order chi connectivity index (χ1) is 7.97. The van der Waals surface area contributed by atoms with Crippen LogP contribution in [0.4, 0.5) is 13.2 Å². The van der Waals surface area contributed by atoms with E-state index < -0.39 is 18.1 Å². The summed E-state index contributed by atoms with van der Waals surface area (Å²) in [5, 5.41) is 2.04. The molecule has 1 aromatic rings. The van der Waals surface area contributed by atoms with Crippen molar-refractivity contribution in [3.63, 3.8) is 0 Å². The fourth-order valence-corrected chi connectivity index (χ4v) is 2.09. The van der Waals surface area contributed by atoms with Crippen molar-refractivity contribution >= 4 is 5.91 Å². The molecule has 0 saturated carbocycles. The van der Waals surface area contributed by atoms with E-state index in [4.69, 9.17) is 0 Å². The van der Waals surface area contributed by atoms with E-state index in [0.29, 0.717) is 19.3 Å². The Hall–Kier alpha value is -1.52. The van der Waals surface area contributed by atoms with E-state index in [2.05, 4.69) is 0 Å². The summed E-state index contributed by atoms with van der Waals surface area (Å²) in [6.45, 7) is 0. The second-order valence-corrected chi connectivity index (χ2v) is 4.18. The predicted octanol–water partition coefficient (Wildman–Crippen LogP) is 2.22. The van der Waals surface area contributed by atoms with Crippen LogP contribution in [0.5, 0.6) is 0 Å². The van der Waals surface area contributed by atoms with Crippen LogP contribution >= 0.6 is 0 Å². The lowest BCUT2D eigenvalue weighted by Crippen LogP contribution is -2.45. The number of carbonyl (C=O) groups is 1. The normalized spacial score (nSPS) is 19.6. The van der Waals surface area contributed by atoms with E-state index >= 15 is 0 Å². The van der Waals surface area contributed by atoms with Crippen LogP contribution < -0.4 is 5.32 Å². The van der Waals surface area contributed by atoms with E-state index in [1.165, 1.54) is 0 Å². The highest BCUT2D eigenvalue weighted by molar-refractivity contribution is 5.82. The first-order valence-electron chi connectivity index (χ1n) is 5.41. The van der Waals surface area contributed by atoms with Gasteiger partial charge in [0.1, 0.15) is 0 Å². The number of fused-ring (bicyclic) bond motifs is 1. The van der Waals surface area contributed by atoms with E-state index in [1.807, 2.05) is 29.6 Å². The molecule has 1 aliphatic carbocycles. The Morgan fingerprint density at radius 3 is 2.53 bits per heavy atom. The van der Waals surface area contributed by atoms with Gasteiger partial charge in [-0.2, -0.15) is 13.2 Å². The summed E-state index contributed by atoms with van der Waals surface area (Å²) in [5.74, 6) is -1.85. The molecule has 0 aromatic heterocycles. The third-order valence-electron chi connectivity index (χ3n) is 2.94. The molecule has 0 aliphatic heterocycles. The topological polar surface area (TPSA) is 29.1 Å². The van der Waals surface area contributed by atoms with Crippen molar-refractivity contribution in [1.29, 1.82) is 0 Å². The fraction of sp³-hybridized carbons (Fsp3) is 0.417. The van der Waals surface area contributed by atoms with E-state index in [-0.39, 0.29) is 0 Å². The van der Waals surface area contributed by atoms with Gasteiger partial charge in [0.25, 0.3) is 0 Å². The van der Waals surface area contributed by atoms with Crippen LogP contribution in [0.1, 0.15) is 17.5 Å². The zero-order valence-corrected chi connectivity index (χ0v) is 9.05. The van der Waals surface area contributed by atoms with Crippen molar-refractivity contribution in [3.8, 4) is 0 Å². The van der Waals surface area contributed by atoms with Gasteiger partial charge in [0, 0.05) is 6.04 Å². The zero-order chi connectivity index (χ0) is 12.5. The fourth-order valence-electron chi connectivity index (χ4n) is 2.09. The van der Waals surface area contributed by atoms with Gasteiger partial charge in [-0.3, -0.25) is 4.79 Å². The second kappa shape index (κ2) is 4.39. The van der Waals surface area contributed by atoms with Crippen molar-refractivity contribution in [2.75, 3.05) is 0 Å². The summed E-state index contributed by atoms with van der Waals surface area (Å²) >= 11 is 0. The molecule has 92 valence electrons. The van der Waals surface area contributed by atoms with Crippen molar-refractivity contribution in [2.24, 2.45) is 0 Å². The van der Waals surface area contributed by atoms with Crippen molar-refractivity contribution < 1.29 is 18.0 Å². The molecule has 0 bridgehead atoms. The maximum atomic E-state index is 12.1. The number of alkyl halides is 3. The summed E-state index contributed by atoms with van der Waals surface area (Å²) in [4.78, 5) is 10.8. The highest BCUT2D eigenvalue weighted by atomic mass is 19.4. The number of rotatable bonds is 1. The Bertz CT molecular complexity index is 428. The molecular formula is C12H12F3NO. The molecule has 1 aromatic carbocycles. The predicted molar refractivity (Wildman–Crippen MR) is 56.5 cm³/mol. The molecule has 0 unspecified atom stereocenters. The molecule has 0 fully saturated rings. The summed E-state index contributed by atoms with van der Waals surface area (Å²) in [7, 11) is 0. The van der Waals surface area contributed by atoms with Gasteiger partial charge in [-0.25, -0.2) is 0 Å².